The molecule has 0 aliphatic carbocycles. The molecule has 76 valence electrons. The molecule has 0 aromatic carbocycles. The molecule has 0 fully saturated rings. The lowest BCUT2D eigenvalue weighted by atomic mass is 10.5. The quantitative estimate of drug-likeness (QED) is 0.284. The second-order valence-corrected chi connectivity index (χ2v) is 9.09. The molecule has 3 nitrogen and oxygen atoms in total. The molecule has 0 heterocycles. The Kier molecular flexibility index (Phi) is 5.93. The standard InChI is InChI=1S/C8H18O3Si2/c1-4-8(9)10-6-5-7-13(2,3)11-12/h4H,1,5-7H2,2-3,12H3. The van der Waals surface area contributed by atoms with Gasteiger partial charge < -0.3 is 8.85 Å². The third-order valence-electron chi connectivity index (χ3n) is 1.89. The normalized spacial score (nSPS) is 11.2. The molecule has 0 rings (SSSR count). The van der Waals surface area contributed by atoms with E-state index >= 15 is 0 Å². The molecule has 13 heavy (non-hydrogen) atoms. The number of hydrogen-bond acceptors (Lipinski definition) is 3. The van der Waals surface area contributed by atoms with Gasteiger partial charge in [0, 0.05) is 6.08 Å². The lowest BCUT2D eigenvalue weighted by molar-refractivity contribution is -0.137. The van der Waals surface area contributed by atoms with Crippen molar-refractivity contribution in [1.29, 1.82) is 0 Å². The highest BCUT2D eigenvalue weighted by molar-refractivity contribution is 6.73. The van der Waals surface area contributed by atoms with Crippen LogP contribution < -0.4 is 0 Å². The van der Waals surface area contributed by atoms with Gasteiger partial charge in [0.15, 0.2) is 8.32 Å². The largest absolute Gasteiger partial charge is 0.463 e. The highest BCUT2D eigenvalue weighted by atomic mass is 28.4. The summed E-state index contributed by atoms with van der Waals surface area (Å²) >= 11 is 0. The third kappa shape index (κ3) is 6.74. The zero-order valence-corrected chi connectivity index (χ0v) is 11.6. The van der Waals surface area contributed by atoms with Crippen LogP contribution in [0.25, 0.3) is 0 Å². The van der Waals surface area contributed by atoms with E-state index in [-0.39, 0.29) is 5.97 Å². The van der Waals surface area contributed by atoms with Crippen molar-refractivity contribution < 1.29 is 13.6 Å². The van der Waals surface area contributed by atoms with Crippen LogP contribution in [0.1, 0.15) is 6.42 Å². The Hall–Kier alpha value is -0.396. The number of hydrogen-bond donors (Lipinski definition) is 0. The van der Waals surface area contributed by atoms with E-state index in [1.54, 1.807) is 0 Å². The van der Waals surface area contributed by atoms with Gasteiger partial charge in [-0.05, 0) is 25.6 Å². The zero-order chi connectivity index (χ0) is 10.3. The number of esters is 1. The van der Waals surface area contributed by atoms with Gasteiger partial charge in [0.25, 0.3) is 0 Å². The predicted octanol–water partition coefficient (Wildman–Crippen LogP) is 0.608. The van der Waals surface area contributed by atoms with Crippen molar-refractivity contribution in [1.82, 2.24) is 0 Å². The van der Waals surface area contributed by atoms with E-state index in [4.69, 9.17) is 8.85 Å². The van der Waals surface area contributed by atoms with Crippen molar-refractivity contribution in [2.75, 3.05) is 6.61 Å². The molecule has 0 unspecified atom stereocenters. The SMILES string of the molecule is C=CC(=O)OCCC[Si](C)(C)O[SiH3]. The smallest absolute Gasteiger partial charge is 0.330 e. The second kappa shape index (κ2) is 6.12. The molecule has 0 aliphatic rings. The van der Waals surface area contributed by atoms with Crippen LogP contribution in [0, 0.1) is 0 Å². The van der Waals surface area contributed by atoms with Crippen LogP contribution in [0.3, 0.4) is 0 Å². The first kappa shape index (κ1) is 12.6. The lowest BCUT2D eigenvalue weighted by Gasteiger charge is -2.20. The topological polar surface area (TPSA) is 35.5 Å². The van der Waals surface area contributed by atoms with Crippen molar-refractivity contribution in [3.05, 3.63) is 12.7 Å². The highest BCUT2D eigenvalue weighted by Crippen LogP contribution is 2.11. The van der Waals surface area contributed by atoms with Gasteiger partial charge in [-0.15, -0.1) is 0 Å². The first-order valence-electron chi connectivity index (χ1n) is 4.36. The van der Waals surface area contributed by atoms with E-state index in [0.717, 1.165) is 23.0 Å². The predicted molar refractivity (Wildman–Crippen MR) is 59.1 cm³/mol. The fourth-order valence-electron chi connectivity index (χ4n) is 0.832. The fraction of sp³-hybridized carbons (Fsp3) is 0.625. The summed E-state index contributed by atoms with van der Waals surface area (Å²) in [6, 6.07) is 1.04. The fourth-order valence-corrected chi connectivity index (χ4v) is 2.64. The Balaban J connectivity index is 3.46. The van der Waals surface area contributed by atoms with E-state index in [2.05, 4.69) is 19.7 Å². The van der Waals surface area contributed by atoms with Crippen molar-refractivity contribution in [2.45, 2.75) is 25.6 Å². The second-order valence-electron chi connectivity index (χ2n) is 3.44. The highest BCUT2D eigenvalue weighted by Gasteiger charge is 2.18. The van der Waals surface area contributed by atoms with Crippen LogP contribution in [-0.2, 0) is 13.6 Å². The van der Waals surface area contributed by atoms with E-state index in [0.29, 0.717) is 6.61 Å². The summed E-state index contributed by atoms with van der Waals surface area (Å²) in [5.74, 6) is -0.341. The zero-order valence-electron chi connectivity index (χ0n) is 8.63. The molecule has 0 saturated carbocycles. The van der Waals surface area contributed by atoms with Gasteiger partial charge in [0.05, 0.1) is 6.61 Å². The van der Waals surface area contributed by atoms with Gasteiger partial charge in [-0.3, -0.25) is 0 Å². The number of ether oxygens (including phenoxy) is 1. The average Bonchev–Trinajstić information content (AvgIpc) is 2.12. The first-order valence-corrected chi connectivity index (χ1v) is 8.29. The Bertz CT molecular complexity index is 180. The van der Waals surface area contributed by atoms with E-state index < -0.39 is 8.32 Å². The van der Waals surface area contributed by atoms with Crippen LogP contribution in [-0.4, -0.2) is 31.4 Å². The van der Waals surface area contributed by atoms with Crippen molar-refractivity contribution in [3.8, 4) is 0 Å². The van der Waals surface area contributed by atoms with Crippen molar-refractivity contribution in [2.24, 2.45) is 0 Å². The molecule has 0 saturated heterocycles. The van der Waals surface area contributed by atoms with Crippen LogP contribution >= 0.6 is 0 Å². The summed E-state index contributed by atoms with van der Waals surface area (Å²) in [7, 11) is -0.614. The molecule has 0 radical (unpaired) electrons. The summed E-state index contributed by atoms with van der Waals surface area (Å²) < 4.78 is 10.3. The van der Waals surface area contributed by atoms with Gasteiger partial charge in [-0.25, -0.2) is 4.79 Å². The van der Waals surface area contributed by atoms with Gasteiger partial charge in [0.1, 0.15) is 10.5 Å². The molecular formula is C8H18O3Si2. The number of carbonyl (C=O) groups excluding carboxylic acids is 1. The molecule has 0 aliphatic heterocycles. The Labute approximate surface area is 83.8 Å². The molecule has 0 N–H and O–H groups in total. The molecule has 5 heteroatoms. The molecule has 0 spiro atoms. The summed E-state index contributed by atoms with van der Waals surface area (Å²) in [6.45, 7) is 8.15. The van der Waals surface area contributed by atoms with Crippen molar-refractivity contribution in [3.63, 3.8) is 0 Å². The summed E-state index contributed by atoms with van der Waals surface area (Å²) in [4.78, 5) is 10.7. The molecule has 0 atom stereocenters. The van der Waals surface area contributed by atoms with Gasteiger partial charge in [-0.1, -0.05) is 6.58 Å². The maximum Gasteiger partial charge on any atom is 0.330 e. The maximum absolute atomic E-state index is 10.7. The van der Waals surface area contributed by atoms with E-state index in [9.17, 15) is 4.79 Å². The minimum absolute atomic E-state index is 0.341. The van der Waals surface area contributed by atoms with Crippen LogP contribution in [0.2, 0.25) is 19.1 Å². The van der Waals surface area contributed by atoms with E-state index in [1.165, 1.54) is 6.08 Å². The Morgan fingerprint density at radius 2 is 2.23 bits per heavy atom. The minimum atomic E-state index is -1.41. The molecule has 0 aromatic rings. The lowest BCUT2D eigenvalue weighted by Crippen LogP contribution is -2.29. The van der Waals surface area contributed by atoms with Crippen LogP contribution in [0.4, 0.5) is 0 Å². The van der Waals surface area contributed by atoms with Crippen LogP contribution in [0.5, 0.6) is 0 Å². The molecule has 0 amide bonds. The molecule has 0 aromatic heterocycles. The van der Waals surface area contributed by atoms with Gasteiger partial charge >= 0.3 is 5.97 Å². The van der Waals surface area contributed by atoms with E-state index in [1.807, 2.05) is 0 Å². The number of carbonyl (C=O) groups is 1. The summed E-state index contributed by atoms with van der Waals surface area (Å²) in [5.41, 5.74) is 0. The summed E-state index contributed by atoms with van der Waals surface area (Å²) in [5, 5.41) is 0. The Morgan fingerprint density at radius 1 is 1.62 bits per heavy atom. The third-order valence-corrected chi connectivity index (χ3v) is 7.87. The Morgan fingerprint density at radius 3 is 2.69 bits per heavy atom. The van der Waals surface area contributed by atoms with Gasteiger partial charge in [-0.2, -0.15) is 0 Å². The average molecular weight is 218 g/mol. The summed E-state index contributed by atoms with van der Waals surface area (Å²) in [6.07, 6.45) is 2.08. The minimum Gasteiger partial charge on any atom is -0.463 e. The molecular weight excluding hydrogens is 200 g/mol. The molecule has 0 bridgehead atoms. The monoisotopic (exact) mass is 218 g/mol. The first-order chi connectivity index (χ1) is 6.02. The van der Waals surface area contributed by atoms with Gasteiger partial charge in [0.2, 0.25) is 0 Å². The van der Waals surface area contributed by atoms with Crippen LogP contribution in [0.15, 0.2) is 12.7 Å². The number of rotatable bonds is 6. The van der Waals surface area contributed by atoms with Crippen molar-refractivity contribution >= 4 is 24.8 Å². The maximum atomic E-state index is 10.7.